The first kappa shape index (κ1) is 22.8. The SMILES string of the molecule is O=C1C=CC(=O)c2c(O)c3c(c(O)c21)Oc1ccccc1CN3c1ccc(C(=O)N2CCOCC2)cc1. The maximum absolute atomic E-state index is 12.9. The predicted octanol–water partition coefficient (Wildman–Crippen LogP) is 3.95. The minimum atomic E-state index is -0.608. The highest BCUT2D eigenvalue weighted by atomic mass is 16.5. The summed E-state index contributed by atoms with van der Waals surface area (Å²) in [6.07, 6.45) is 2.13. The van der Waals surface area contributed by atoms with Crippen molar-refractivity contribution in [1.29, 1.82) is 0 Å². The van der Waals surface area contributed by atoms with Crippen molar-refractivity contribution in [3.8, 4) is 23.0 Å². The maximum Gasteiger partial charge on any atom is 0.254 e. The van der Waals surface area contributed by atoms with Crippen LogP contribution in [0.5, 0.6) is 23.0 Å². The van der Waals surface area contributed by atoms with Gasteiger partial charge in [-0.25, -0.2) is 0 Å². The minimum absolute atomic E-state index is 0.0520. The maximum atomic E-state index is 12.9. The number of morpholine rings is 1. The van der Waals surface area contributed by atoms with Crippen LogP contribution >= 0.6 is 0 Å². The topological polar surface area (TPSA) is 117 Å². The van der Waals surface area contributed by atoms with Crippen molar-refractivity contribution in [2.75, 3.05) is 31.2 Å². The van der Waals surface area contributed by atoms with Crippen molar-refractivity contribution >= 4 is 28.8 Å². The van der Waals surface area contributed by atoms with Gasteiger partial charge in [-0.3, -0.25) is 14.4 Å². The highest BCUT2D eigenvalue weighted by Crippen LogP contribution is 2.55. The molecule has 0 saturated carbocycles. The zero-order chi connectivity index (χ0) is 25.7. The molecule has 2 N–H and O–H groups in total. The van der Waals surface area contributed by atoms with Crippen molar-refractivity contribution in [3.05, 3.63) is 82.9 Å². The molecular weight excluding hydrogens is 476 g/mol. The van der Waals surface area contributed by atoms with E-state index in [0.29, 0.717) is 43.3 Å². The summed E-state index contributed by atoms with van der Waals surface area (Å²) < 4.78 is 11.4. The number of fused-ring (bicyclic) bond motifs is 3. The summed E-state index contributed by atoms with van der Waals surface area (Å²) in [7, 11) is 0. The Hall–Kier alpha value is -4.63. The molecular formula is C28H22N2O7. The molecule has 1 fully saturated rings. The summed E-state index contributed by atoms with van der Waals surface area (Å²) in [6.45, 7) is 2.26. The van der Waals surface area contributed by atoms with Crippen LogP contribution in [0.25, 0.3) is 0 Å². The first-order valence-electron chi connectivity index (χ1n) is 11.8. The van der Waals surface area contributed by atoms with E-state index in [2.05, 4.69) is 0 Å². The highest BCUT2D eigenvalue weighted by Gasteiger charge is 2.37. The fourth-order valence-electron chi connectivity index (χ4n) is 4.88. The zero-order valence-electron chi connectivity index (χ0n) is 19.6. The minimum Gasteiger partial charge on any atom is -0.505 e. The van der Waals surface area contributed by atoms with Gasteiger partial charge in [0.2, 0.25) is 0 Å². The van der Waals surface area contributed by atoms with E-state index in [0.717, 1.165) is 17.7 Å². The average Bonchev–Trinajstić information content (AvgIpc) is 3.11. The summed E-state index contributed by atoms with van der Waals surface area (Å²) in [5.41, 5.74) is 1.31. The number of ketones is 2. The van der Waals surface area contributed by atoms with Crippen LogP contribution in [0.15, 0.2) is 60.7 Å². The number of aromatic hydroxyl groups is 2. The fraction of sp³-hybridized carbons (Fsp3) is 0.179. The Labute approximate surface area is 211 Å². The molecule has 0 atom stereocenters. The molecule has 1 amide bonds. The number of hydrogen-bond acceptors (Lipinski definition) is 8. The van der Waals surface area contributed by atoms with Gasteiger partial charge in [-0.15, -0.1) is 0 Å². The molecule has 9 heteroatoms. The van der Waals surface area contributed by atoms with Gasteiger partial charge >= 0.3 is 0 Å². The summed E-state index contributed by atoms with van der Waals surface area (Å²) in [6, 6.07) is 14.0. The normalized spacial score (nSPS) is 16.4. The van der Waals surface area contributed by atoms with E-state index in [9.17, 15) is 24.6 Å². The lowest BCUT2D eigenvalue weighted by molar-refractivity contribution is 0.0303. The van der Waals surface area contributed by atoms with Gasteiger partial charge in [0, 0.05) is 29.9 Å². The van der Waals surface area contributed by atoms with E-state index >= 15 is 0 Å². The number of nitrogens with zero attached hydrogens (tertiary/aromatic N) is 2. The molecule has 3 aromatic carbocycles. The molecule has 0 spiro atoms. The first-order valence-corrected chi connectivity index (χ1v) is 11.8. The molecule has 2 heterocycles. The van der Waals surface area contributed by atoms with Crippen LogP contribution in [0.1, 0.15) is 36.6 Å². The van der Waals surface area contributed by atoms with Gasteiger partial charge in [-0.05, 0) is 42.5 Å². The number of ether oxygens (including phenoxy) is 2. The van der Waals surface area contributed by atoms with Crippen LogP contribution in [0, 0.1) is 0 Å². The van der Waals surface area contributed by atoms with Gasteiger partial charge in [0.1, 0.15) is 11.4 Å². The summed E-state index contributed by atoms with van der Waals surface area (Å²) in [4.78, 5) is 41.6. The first-order chi connectivity index (χ1) is 17.9. The van der Waals surface area contributed by atoms with Crippen LogP contribution in [-0.2, 0) is 11.3 Å². The van der Waals surface area contributed by atoms with Crippen molar-refractivity contribution in [1.82, 2.24) is 4.90 Å². The van der Waals surface area contributed by atoms with Crippen LogP contribution in [0.4, 0.5) is 11.4 Å². The Balaban J connectivity index is 1.49. The molecule has 6 rings (SSSR count). The number of carbonyl (C=O) groups is 3. The third kappa shape index (κ3) is 3.71. The summed E-state index contributed by atoms with van der Waals surface area (Å²) >= 11 is 0. The number of rotatable bonds is 2. The predicted molar refractivity (Wildman–Crippen MR) is 133 cm³/mol. The van der Waals surface area contributed by atoms with Gasteiger partial charge in [0.15, 0.2) is 28.8 Å². The number of phenols is 2. The Morgan fingerprint density at radius 1 is 0.838 bits per heavy atom. The molecule has 0 radical (unpaired) electrons. The molecule has 3 aliphatic rings. The van der Waals surface area contributed by atoms with Crippen molar-refractivity contribution in [2.45, 2.75) is 6.54 Å². The Morgan fingerprint density at radius 3 is 2.19 bits per heavy atom. The van der Waals surface area contributed by atoms with E-state index < -0.39 is 23.1 Å². The molecule has 0 bridgehead atoms. The Morgan fingerprint density at radius 2 is 1.49 bits per heavy atom. The molecule has 2 aliphatic heterocycles. The van der Waals surface area contributed by atoms with Crippen molar-refractivity contribution in [2.24, 2.45) is 0 Å². The zero-order valence-corrected chi connectivity index (χ0v) is 19.6. The number of benzene rings is 3. The van der Waals surface area contributed by atoms with Gasteiger partial charge in [0.25, 0.3) is 5.91 Å². The Bertz CT molecular complexity index is 1490. The summed E-state index contributed by atoms with van der Waals surface area (Å²) in [5, 5.41) is 22.5. The van der Waals surface area contributed by atoms with E-state index in [4.69, 9.17) is 9.47 Å². The second-order valence-electron chi connectivity index (χ2n) is 8.93. The molecule has 1 saturated heterocycles. The van der Waals surface area contributed by atoms with Gasteiger partial charge < -0.3 is 29.5 Å². The standard InChI is InChI=1S/C28H22N2O7/c31-19-9-10-20(32)23-22(19)25(33)24-27(26(23)34)37-21-4-2-1-3-17(21)15-30(24)18-7-5-16(6-8-18)28(35)29-11-13-36-14-12-29/h1-10,33-34H,11-15H2. The Kier molecular flexibility index (Phi) is 5.42. The van der Waals surface area contributed by atoms with Crippen LogP contribution < -0.4 is 9.64 Å². The molecule has 1 aliphatic carbocycles. The summed E-state index contributed by atoms with van der Waals surface area (Å²) in [5.74, 6) is -2.00. The van der Waals surface area contributed by atoms with Gasteiger partial charge in [-0.2, -0.15) is 0 Å². The molecule has 0 unspecified atom stereocenters. The monoisotopic (exact) mass is 498 g/mol. The van der Waals surface area contributed by atoms with Gasteiger partial charge in [-0.1, -0.05) is 18.2 Å². The van der Waals surface area contributed by atoms with Crippen LogP contribution in [-0.4, -0.2) is 58.9 Å². The van der Waals surface area contributed by atoms with E-state index in [1.807, 2.05) is 12.1 Å². The highest BCUT2D eigenvalue weighted by molar-refractivity contribution is 6.25. The fourth-order valence-corrected chi connectivity index (χ4v) is 4.88. The molecule has 3 aromatic rings. The van der Waals surface area contributed by atoms with E-state index in [1.54, 1.807) is 46.2 Å². The molecule has 0 aromatic heterocycles. The number of hydrogen-bond donors (Lipinski definition) is 2. The van der Waals surface area contributed by atoms with E-state index in [-0.39, 0.29) is 35.0 Å². The number of amides is 1. The number of anilines is 2. The third-order valence-electron chi connectivity index (χ3n) is 6.76. The van der Waals surface area contributed by atoms with Crippen LogP contribution in [0.2, 0.25) is 0 Å². The number of para-hydroxylation sites is 1. The van der Waals surface area contributed by atoms with Crippen molar-refractivity contribution in [3.63, 3.8) is 0 Å². The van der Waals surface area contributed by atoms with Gasteiger partial charge in [0.05, 0.1) is 30.9 Å². The smallest absolute Gasteiger partial charge is 0.254 e. The average molecular weight is 498 g/mol. The molecule has 186 valence electrons. The lowest BCUT2D eigenvalue weighted by Gasteiger charge is -2.28. The third-order valence-corrected chi connectivity index (χ3v) is 6.76. The number of allylic oxidation sites excluding steroid dienone is 2. The van der Waals surface area contributed by atoms with E-state index in [1.165, 1.54) is 0 Å². The quantitative estimate of drug-likeness (QED) is 0.510. The molecule has 9 nitrogen and oxygen atoms in total. The number of carbonyl (C=O) groups excluding carboxylic acids is 3. The number of phenolic OH excluding ortho intramolecular Hbond substituents is 2. The second-order valence-corrected chi connectivity index (χ2v) is 8.93. The molecule has 37 heavy (non-hydrogen) atoms. The largest absolute Gasteiger partial charge is 0.505 e. The van der Waals surface area contributed by atoms with Crippen LogP contribution in [0.3, 0.4) is 0 Å². The second kappa shape index (κ2) is 8.79. The lowest BCUT2D eigenvalue weighted by atomic mass is 9.91. The lowest BCUT2D eigenvalue weighted by Crippen LogP contribution is -2.40. The van der Waals surface area contributed by atoms with Crippen molar-refractivity contribution < 1.29 is 34.1 Å².